The van der Waals surface area contributed by atoms with Crippen molar-refractivity contribution in [2.45, 2.75) is 64.1 Å². The molecule has 0 unspecified atom stereocenters. The van der Waals surface area contributed by atoms with Gasteiger partial charge in [-0.1, -0.05) is 19.3 Å². The Kier molecular flexibility index (Phi) is 5.72. The zero-order valence-corrected chi connectivity index (χ0v) is 12.6. The largest absolute Gasteiger partial charge is 0.481 e. The van der Waals surface area contributed by atoms with Crippen LogP contribution >= 0.6 is 0 Å². The topological polar surface area (TPSA) is 66.8 Å². The first kappa shape index (κ1) is 17.1. The Morgan fingerprint density at radius 2 is 1.91 bits per heavy atom. The van der Waals surface area contributed by atoms with Crippen LogP contribution in [0.1, 0.15) is 51.4 Å². The predicted octanol–water partition coefficient (Wildman–Crippen LogP) is 2.64. The number of amides is 1. The number of ether oxygens (including phenoxy) is 1. The van der Waals surface area contributed by atoms with E-state index in [-0.39, 0.29) is 25.3 Å². The Hall–Kier alpha value is -1.24. The van der Waals surface area contributed by atoms with Gasteiger partial charge in [0.05, 0.1) is 12.5 Å². The molecule has 0 aromatic carbocycles. The zero-order valence-electron chi connectivity index (χ0n) is 12.6. The van der Waals surface area contributed by atoms with Crippen LogP contribution in [-0.2, 0) is 14.3 Å². The van der Waals surface area contributed by atoms with E-state index < -0.39 is 24.1 Å². The fraction of sp³-hybridized carbons (Fsp3) is 0.867. The lowest BCUT2D eigenvalue weighted by Crippen LogP contribution is -2.37. The van der Waals surface area contributed by atoms with Gasteiger partial charge in [0.2, 0.25) is 5.91 Å². The molecule has 0 aromatic heterocycles. The monoisotopic (exact) mass is 319 g/mol. The molecule has 126 valence electrons. The fourth-order valence-electron chi connectivity index (χ4n) is 3.68. The van der Waals surface area contributed by atoms with Crippen molar-refractivity contribution in [3.63, 3.8) is 0 Å². The molecule has 2 rings (SSSR count). The lowest BCUT2D eigenvalue weighted by Gasteiger charge is -2.36. The number of carboxylic acid groups (broad SMARTS) is 1. The van der Waals surface area contributed by atoms with Gasteiger partial charge in [-0.05, 0) is 24.7 Å². The molecule has 2 aliphatic rings. The standard InChI is InChI=1S/C15H23F2NO4/c16-14(17)22-11-4-7-18(10-11)12(19)8-15(9-13(20)21)5-2-1-3-6-15/h11,14H,1-10H2,(H,20,21)/t11-/m0/s1. The third-order valence-corrected chi connectivity index (χ3v) is 4.76. The van der Waals surface area contributed by atoms with Gasteiger partial charge in [0, 0.05) is 19.5 Å². The third kappa shape index (κ3) is 4.63. The molecule has 1 saturated heterocycles. The van der Waals surface area contributed by atoms with Gasteiger partial charge in [0.25, 0.3) is 0 Å². The summed E-state index contributed by atoms with van der Waals surface area (Å²) in [6.07, 6.45) is 4.43. The van der Waals surface area contributed by atoms with E-state index in [2.05, 4.69) is 4.74 Å². The number of carbonyl (C=O) groups is 2. The zero-order chi connectivity index (χ0) is 16.2. The Bertz CT molecular complexity index is 410. The first-order valence-electron chi connectivity index (χ1n) is 7.83. The molecule has 0 radical (unpaired) electrons. The van der Waals surface area contributed by atoms with Gasteiger partial charge in [-0.25, -0.2) is 0 Å². The van der Waals surface area contributed by atoms with E-state index in [0.29, 0.717) is 13.0 Å². The van der Waals surface area contributed by atoms with Gasteiger partial charge < -0.3 is 14.7 Å². The highest BCUT2D eigenvalue weighted by molar-refractivity contribution is 5.78. The van der Waals surface area contributed by atoms with Crippen LogP contribution in [0, 0.1) is 5.41 Å². The summed E-state index contributed by atoms with van der Waals surface area (Å²) in [7, 11) is 0. The van der Waals surface area contributed by atoms with Crippen molar-refractivity contribution >= 4 is 11.9 Å². The Balaban J connectivity index is 1.92. The molecule has 1 N–H and O–H groups in total. The highest BCUT2D eigenvalue weighted by Gasteiger charge is 2.39. The predicted molar refractivity (Wildman–Crippen MR) is 74.5 cm³/mol. The Morgan fingerprint density at radius 3 is 2.50 bits per heavy atom. The first-order chi connectivity index (χ1) is 10.4. The molecule has 22 heavy (non-hydrogen) atoms. The molecule has 1 aliphatic carbocycles. The van der Waals surface area contributed by atoms with E-state index >= 15 is 0 Å². The number of alkyl halides is 2. The summed E-state index contributed by atoms with van der Waals surface area (Å²) in [5, 5.41) is 9.12. The second-order valence-electron chi connectivity index (χ2n) is 6.46. The maximum Gasteiger partial charge on any atom is 0.345 e. The molecule has 0 bridgehead atoms. The summed E-state index contributed by atoms with van der Waals surface area (Å²) >= 11 is 0. The summed E-state index contributed by atoms with van der Waals surface area (Å²) in [5.74, 6) is -1.02. The van der Waals surface area contributed by atoms with Crippen LogP contribution < -0.4 is 0 Å². The number of hydrogen-bond donors (Lipinski definition) is 1. The van der Waals surface area contributed by atoms with Gasteiger partial charge in [-0.15, -0.1) is 0 Å². The number of carbonyl (C=O) groups excluding carboxylic acids is 1. The minimum Gasteiger partial charge on any atom is -0.481 e. The first-order valence-corrected chi connectivity index (χ1v) is 7.83. The SMILES string of the molecule is O=C(O)CC1(CC(=O)N2CC[C@H](OC(F)F)C2)CCCCC1. The van der Waals surface area contributed by atoms with Gasteiger partial charge in [0.1, 0.15) is 0 Å². The lowest BCUT2D eigenvalue weighted by molar-refractivity contribution is -0.161. The van der Waals surface area contributed by atoms with Crippen molar-refractivity contribution in [2.24, 2.45) is 5.41 Å². The summed E-state index contributed by atoms with van der Waals surface area (Å²) in [6, 6.07) is 0. The van der Waals surface area contributed by atoms with E-state index in [9.17, 15) is 18.4 Å². The van der Waals surface area contributed by atoms with Crippen LogP contribution in [0.25, 0.3) is 0 Å². The summed E-state index contributed by atoms with van der Waals surface area (Å²) in [6.45, 7) is -2.25. The smallest absolute Gasteiger partial charge is 0.345 e. The molecule has 1 atom stereocenters. The molecule has 5 nitrogen and oxygen atoms in total. The van der Waals surface area contributed by atoms with Crippen molar-refractivity contribution in [2.75, 3.05) is 13.1 Å². The van der Waals surface area contributed by atoms with E-state index in [4.69, 9.17) is 5.11 Å². The van der Waals surface area contributed by atoms with E-state index in [0.717, 1.165) is 32.1 Å². The molecule has 1 aliphatic heterocycles. The number of rotatable bonds is 6. The molecule has 2 fully saturated rings. The van der Waals surface area contributed by atoms with Gasteiger partial charge in [-0.3, -0.25) is 9.59 Å². The number of nitrogens with zero attached hydrogens (tertiary/aromatic N) is 1. The molecule has 1 amide bonds. The number of halogens is 2. The Labute approximate surface area is 128 Å². The summed E-state index contributed by atoms with van der Waals surface area (Å²) in [5.41, 5.74) is -0.469. The highest BCUT2D eigenvalue weighted by atomic mass is 19.3. The van der Waals surface area contributed by atoms with Crippen LogP contribution in [-0.4, -0.2) is 47.7 Å². The van der Waals surface area contributed by atoms with E-state index in [1.807, 2.05) is 0 Å². The molecule has 0 spiro atoms. The quantitative estimate of drug-likeness (QED) is 0.817. The number of aliphatic carboxylic acids is 1. The number of hydrogen-bond acceptors (Lipinski definition) is 3. The van der Waals surface area contributed by atoms with Gasteiger partial charge in [0.15, 0.2) is 0 Å². The van der Waals surface area contributed by atoms with Crippen LogP contribution in [0.2, 0.25) is 0 Å². The van der Waals surface area contributed by atoms with Crippen molar-refractivity contribution < 1.29 is 28.2 Å². The Morgan fingerprint density at radius 1 is 1.23 bits per heavy atom. The van der Waals surface area contributed by atoms with E-state index in [1.54, 1.807) is 0 Å². The second-order valence-corrected chi connectivity index (χ2v) is 6.46. The number of likely N-dealkylation sites (tertiary alicyclic amines) is 1. The molecule has 1 saturated carbocycles. The van der Waals surface area contributed by atoms with Crippen LogP contribution in [0.4, 0.5) is 8.78 Å². The summed E-state index contributed by atoms with van der Waals surface area (Å²) < 4.78 is 28.9. The molecule has 0 aromatic rings. The maximum absolute atomic E-state index is 12.4. The maximum atomic E-state index is 12.4. The van der Waals surface area contributed by atoms with Crippen LogP contribution in [0.5, 0.6) is 0 Å². The normalized spacial score (nSPS) is 24.7. The average molecular weight is 319 g/mol. The molecular formula is C15H23F2NO4. The minimum absolute atomic E-state index is 0.00351. The van der Waals surface area contributed by atoms with E-state index in [1.165, 1.54) is 4.90 Å². The number of carboxylic acids is 1. The highest BCUT2D eigenvalue weighted by Crippen LogP contribution is 2.43. The molecule has 1 heterocycles. The van der Waals surface area contributed by atoms with Crippen LogP contribution in [0.15, 0.2) is 0 Å². The van der Waals surface area contributed by atoms with Gasteiger partial charge in [-0.2, -0.15) is 8.78 Å². The lowest BCUT2D eigenvalue weighted by atomic mass is 9.69. The van der Waals surface area contributed by atoms with Crippen molar-refractivity contribution in [3.05, 3.63) is 0 Å². The molecule has 7 heteroatoms. The summed E-state index contributed by atoms with van der Waals surface area (Å²) in [4.78, 5) is 25.1. The minimum atomic E-state index is -2.82. The van der Waals surface area contributed by atoms with Crippen LogP contribution in [0.3, 0.4) is 0 Å². The van der Waals surface area contributed by atoms with Crippen molar-refractivity contribution in [1.29, 1.82) is 0 Å². The van der Waals surface area contributed by atoms with Gasteiger partial charge >= 0.3 is 12.6 Å². The average Bonchev–Trinajstić information content (AvgIpc) is 2.86. The van der Waals surface area contributed by atoms with Crippen molar-refractivity contribution in [3.8, 4) is 0 Å². The van der Waals surface area contributed by atoms with Crippen molar-refractivity contribution in [1.82, 2.24) is 4.90 Å². The third-order valence-electron chi connectivity index (χ3n) is 4.76. The fourth-order valence-corrected chi connectivity index (χ4v) is 3.68. The molecular weight excluding hydrogens is 296 g/mol. The second kappa shape index (κ2) is 7.35.